The number of rotatable bonds is 4. The van der Waals surface area contributed by atoms with E-state index in [-0.39, 0.29) is 20.4 Å². The van der Waals surface area contributed by atoms with Crippen LogP contribution in [-0.2, 0) is 0 Å². The zero-order chi connectivity index (χ0) is 8.69. The monoisotopic (exact) mass is 158 g/mol. The summed E-state index contributed by atoms with van der Waals surface area (Å²) >= 11 is -0.157. The zero-order valence-corrected chi connectivity index (χ0v) is 8.84. The lowest BCUT2D eigenvalue weighted by Crippen LogP contribution is -1.77. The molecule has 56 valence electrons. The number of allylic oxidation sites excluding steroid dienone is 4. The molecule has 0 saturated carbocycles. The van der Waals surface area contributed by atoms with Crippen molar-refractivity contribution in [2.75, 3.05) is 0 Å². The summed E-state index contributed by atoms with van der Waals surface area (Å²) in [5, 5.41) is 0. The van der Waals surface area contributed by atoms with Crippen LogP contribution in [0.3, 0.4) is 0 Å². The highest BCUT2D eigenvalue weighted by Crippen LogP contribution is 1.90. The van der Waals surface area contributed by atoms with Crippen molar-refractivity contribution >= 4 is 20.4 Å². The third-order valence-electron chi connectivity index (χ3n) is 1.08. The predicted molar refractivity (Wildman–Crippen MR) is 53.7 cm³/mol. The molecule has 0 heterocycles. The second-order valence-corrected chi connectivity index (χ2v) is 4.15. The summed E-state index contributed by atoms with van der Waals surface area (Å²) in [4.78, 5) is 0. The maximum absolute atomic E-state index is 3.78. The summed E-state index contributed by atoms with van der Waals surface area (Å²) in [5.74, 6) is 0. The first kappa shape index (κ1) is 10.7. The van der Waals surface area contributed by atoms with Gasteiger partial charge in [0.1, 0.15) is 0 Å². The van der Waals surface area contributed by atoms with Crippen LogP contribution in [-0.4, -0.2) is 20.4 Å². The third-order valence-corrected chi connectivity index (χ3v) is 2.09. The van der Waals surface area contributed by atoms with Crippen molar-refractivity contribution in [1.29, 1.82) is 0 Å². The Bertz CT molecular complexity index is 175. The van der Waals surface area contributed by atoms with Crippen molar-refractivity contribution < 1.29 is 0 Å². The van der Waals surface area contributed by atoms with E-state index in [1.165, 1.54) is 0 Å². The molecule has 0 aromatic carbocycles. The van der Waals surface area contributed by atoms with Crippen LogP contribution in [0.5, 0.6) is 0 Å². The van der Waals surface area contributed by atoms with Gasteiger partial charge in [-0.15, -0.1) is 0 Å². The fourth-order valence-electron chi connectivity index (χ4n) is 0.617. The Balaban J connectivity index is 3.57. The van der Waals surface area contributed by atoms with Crippen molar-refractivity contribution in [3.63, 3.8) is 0 Å². The molecule has 1 heteroatoms. The maximum Gasteiger partial charge on any atom is 0.428 e. The van der Waals surface area contributed by atoms with Crippen molar-refractivity contribution in [1.82, 2.24) is 0 Å². The van der Waals surface area contributed by atoms with Crippen LogP contribution in [0.2, 0.25) is 0 Å². The number of hydrogen-bond acceptors (Lipinski definition) is 0. The van der Waals surface area contributed by atoms with Gasteiger partial charge in [-0.3, -0.25) is 0 Å². The van der Waals surface area contributed by atoms with Crippen molar-refractivity contribution in [3.05, 3.63) is 44.9 Å². The summed E-state index contributed by atoms with van der Waals surface area (Å²) in [6.07, 6.45) is 4.16. The van der Waals surface area contributed by atoms with Gasteiger partial charge in [-0.25, -0.2) is 0 Å². The second kappa shape index (κ2) is 6.44. The molecule has 0 N–H and O–H groups in total. The van der Waals surface area contributed by atoms with Crippen molar-refractivity contribution in [3.8, 4) is 0 Å². The Kier molecular flexibility index (Phi) is 6.28. The lowest BCUT2D eigenvalue weighted by atomic mass is 10.4. The summed E-state index contributed by atoms with van der Waals surface area (Å²) in [7, 11) is 0. The van der Waals surface area contributed by atoms with Crippen LogP contribution >= 0.6 is 0 Å². The molecule has 0 saturated heterocycles. The van der Waals surface area contributed by atoms with E-state index < -0.39 is 0 Å². The molecule has 0 amide bonds. The molecule has 0 atom stereocenters. The van der Waals surface area contributed by atoms with Crippen LogP contribution in [0.15, 0.2) is 44.9 Å². The molecule has 0 aromatic heterocycles. The molecule has 0 spiro atoms. The van der Waals surface area contributed by atoms with Gasteiger partial charge in [0.2, 0.25) is 0 Å². The molecule has 0 fully saturated rings. The minimum absolute atomic E-state index is 0.157. The molecule has 0 radical (unpaired) electrons. The van der Waals surface area contributed by atoms with Gasteiger partial charge in [0, 0.05) is 0 Å². The van der Waals surface area contributed by atoms with E-state index in [1.807, 2.05) is 13.8 Å². The summed E-state index contributed by atoms with van der Waals surface area (Å²) < 4.78 is 4.45. The summed E-state index contributed by atoms with van der Waals surface area (Å²) in [6.45, 7) is 11.6. The molecule has 0 bridgehead atoms. The standard InChI is InChI=1S/2C5H7.Mg/c2*1-4-5(2)3;/h2*1,4H,2H2,3H3;. The first-order chi connectivity index (χ1) is 5.13. The van der Waals surface area contributed by atoms with E-state index >= 15 is 0 Å². The minimum atomic E-state index is -0.157. The van der Waals surface area contributed by atoms with Gasteiger partial charge in [-0.2, -0.15) is 8.41 Å². The van der Waals surface area contributed by atoms with Gasteiger partial charge in [0.25, 0.3) is 0 Å². The van der Waals surface area contributed by atoms with E-state index in [0.29, 0.717) is 0 Å². The lowest BCUT2D eigenvalue weighted by molar-refractivity contribution is 1.57. The van der Waals surface area contributed by atoms with E-state index in [1.54, 1.807) is 0 Å². The fourth-order valence-corrected chi connectivity index (χ4v) is 1.85. The van der Waals surface area contributed by atoms with Gasteiger partial charge >= 0.3 is 20.4 Å². The van der Waals surface area contributed by atoms with Crippen LogP contribution in [0, 0.1) is 0 Å². The van der Waals surface area contributed by atoms with Gasteiger partial charge in [0.15, 0.2) is 0 Å². The highest BCUT2D eigenvalue weighted by molar-refractivity contribution is 6.48. The van der Waals surface area contributed by atoms with Crippen LogP contribution in [0.25, 0.3) is 0 Å². The SMILES string of the molecule is C=C(C)C=[CH][Mg][CH]=CC(=C)C. The van der Waals surface area contributed by atoms with E-state index in [9.17, 15) is 0 Å². The molecule has 0 aromatic rings. The molecular weight excluding hydrogens is 144 g/mol. The Morgan fingerprint density at radius 3 is 1.64 bits per heavy atom. The first-order valence-electron chi connectivity index (χ1n) is 3.77. The van der Waals surface area contributed by atoms with Crippen LogP contribution in [0.1, 0.15) is 13.8 Å². The summed E-state index contributed by atoms with van der Waals surface area (Å²) in [5.41, 5.74) is 2.25. The van der Waals surface area contributed by atoms with Gasteiger partial charge < -0.3 is 0 Å². The molecular formula is C10H14Mg. The number of hydrogen-bond donors (Lipinski definition) is 0. The zero-order valence-electron chi connectivity index (χ0n) is 7.43. The van der Waals surface area contributed by atoms with E-state index in [4.69, 9.17) is 0 Å². The Morgan fingerprint density at radius 1 is 1.00 bits per heavy atom. The molecule has 0 aliphatic carbocycles. The second-order valence-electron chi connectivity index (χ2n) is 2.73. The Labute approximate surface area is 79.1 Å². The maximum atomic E-state index is 3.78. The highest BCUT2D eigenvalue weighted by Gasteiger charge is 1.80. The molecule has 0 rings (SSSR count). The quantitative estimate of drug-likeness (QED) is 0.436. The third kappa shape index (κ3) is 9.73. The average Bonchev–Trinajstić information content (AvgIpc) is 1.85. The Hall–Kier alpha value is -0.274. The van der Waals surface area contributed by atoms with Crippen LogP contribution < -0.4 is 0 Å². The fraction of sp³-hybridized carbons (Fsp3) is 0.200. The lowest BCUT2D eigenvalue weighted by Gasteiger charge is -1.83. The van der Waals surface area contributed by atoms with Gasteiger partial charge in [-0.05, 0) is 13.8 Å². The van der Waals surface area contributed by atoms with Crippen molar-refractivity contribution in [2.24, 2.45) is 0 Å². The average molecular weight is 159 g/mol. The highest BCUT2D eigenvalue weighted by atomic mass is 24.5. The predicted octanol–water partition coefficient (Wildman–Crippen LogP) is 2.87. The normalized spacial score (nSPS) is 10.4. The molecule has 0 unspecified atom stereocenters. The largest absolute Gasteiger partial charge is 0.428 e. The van der Waals surface area contributed by atoms with Crippen LogP contribution in [0.4, 0.5) is 0 Å². The minimum Gasteiger partial charge on any atom is -0.200 e. The van der Waals surface area contributed by atoms with Crippen molar-refractivity contribution in [2.45, 2.75) is 13.8 Å². The molecule has 11 heavy (non-hydrogen) atoms. The molecule has 0 aliphatic rings. The smallest absolute Gasteiger partial charge is 0.200 e. The Morgan fingerprint density at radius 2 is 1.36 bits per heavy atom. The molecule has 0 nitrogen and oxygen atoms in total. The van der Waals surface area contributed by atoms with Gasteiger partial charge in [-0.1, -0.05) is 36.5 Å². The van der Waals surface area contributed by atoms with E-state index in [2.05, 4.69) is 33.7 Å². The van der Waals surface area contributed by atoms with E-state index in [0.717, 1.165) is 11.1 Å². The first-order valence-corrected chi connectivity index (χ1v) is 5.40. The topological polar surface area (TPSA) is 0 Å². The van der Waals surface area contributed by atoms with Gasteiger partial charge in [0.05, 0.1) is 0 Å². The summed E-state index contributed by atoms with van der Waals surface area (Å²) in [6, 6.07) is 0. The molecule has 0 aliphatic heterocycles.